The van der Waals surface area contributed by atoms with Gasteiger partial charge in [-0.3, -0.25) is 14.2 Å². The van der Waals surface area contributed by atoms with Gasteiger partial charge in [0.25, 0.3) is 5.56 Å². The summed E-state index contributed by atoms with van der Waals surface area (Å²) in [7, 11) is 0. The Morgan fingerprint density at radius 3 is 3.14 bits per heavy atom. The van der Waals surface area contributed by atoms with E-state index in [-0.39, 0.29) is 17.9 Å². The molecule has 0 radical (unpaired) electrons. The zero-order chi connectivity index (χ0) is 10.1. The monoisotopic (exact) mass is 191 g/mol. The maximum atomic E-state index is 11.7. The number of aromatic nitrogens is 3. The average Bonchev–Trinajstić information content (AvgIpc) is 2.57. The molecule has 2 aromatic rings. The van der Waals surface area contributed by atoms with Gasteiger partial charge >= 0.3 is 0 Å². The molecule has 0 aliphatic carbocycles. The minimum atomic E-state index is -0.213. The van der Waals surface area contributed by atoms with E-state index in [4.69, 9.17) is 0 Å². The number of ketones is 1. The van der Waals surface area contributed by atoms with Gasteiger partial charge in [-0.25, -0.2) is 4.98 Å². The highest BCUT2D eigenvalue weighted by atomic mass is 16.1. The maximum Gasteiger partial charge on any atom is 0.278 e. The number of fused-ring (bicyclic) bond motifs is 1. The highest BCUT2D eigenvalue weighted by Gasteiger charge is 2.05. The number of carbonyl (C=O) groups excluding carboxylic acids is 1. The molecule has 0 aliphatic heterocycles. The molecular weight excluding hydrogens is 182 g/mol. The molecule has 0 aliphatic rings. The Balaban J connectivity index is 2.62. The van der Waals surface area contributed by atoms with Crippen LogP contribution in [0.15, 0.2) is 23.4 Å². The molecule has 0 amide bonds. The van der Waals surface area contributed by atoms with Crippen molar-refractivity contribution in [3.05, 3.63) is 28.9 Å². The van der Waals surface area contributed by atoms with E-state index in [1.807, 2.05) is 0 Å². The summed E-state index contributed by atoms with van der Waals surface area (Å²) < 4.78 is 1.29. The maximum absolute atomic E-state index is 11.7. The van der Waals surface area contributed by atoms with Gasteiger partial charge < -0.3 is 4.98 Å². The van der Waals surface area contributed by atoms with Gasteiger partial charge in [0.1, 0.15) is 11.3 Å². The molecule has 5 nitrogen and oxygen atoms in total. The van der Waals surface area contributed by atoms with E-state index in [1.165, 1.54) is 17.8 Å². The molecule has 2 aromatic heterocycles. The van der Waals surface area contributed by atoms with Crippen LogP contribution in [0, 0.1) is 0 Å². The first kappa shape index (κ1) is 8.68. The lowest BCUT2D eigenvalue weighted by atomic mass is 10.4. The van der Waals surface area contributed by atoms with Crippen molar-refractivity contribution < 1.29 is 4.79 Å². The number of hydrogen-bond donors (Lipinski definition) is 1. The molecule has 2 rings (SSSR count). The molecule has 72 valence electrons. The molecule has 0 aromatic carbocycles. The van der Waals surface area contributed by atoms with Crippen molar-refractivity contribution in [2.45, 2.75) is 13.5 Å². The fraction of sp³-hybridized carbons (Fsp3) is 0.222. The number of nitrogens with zero attached hydrogens (tertiary/aromatic N) is 2. The Morgan fingerprint density at radius 1 is 1.64 bits per heavy atom. The Bertz CT molecular complexity index is 538. The fourth-order valence-corrected chi connectivity index (χ4v) is 1.32. The lowest BCUT2D eigenvalue weighted by molar-refractivity contribution is -0.117. The molecule has 1 N–H and O–H groups in total. The number of aromatic amines is 1. The van der Waals surface area contributed by atoms with E-state index >= 15 is 0 Å². The van der Waals surface area contributed by atoms with Crippen molar-refractivity contribution in [2.75, 3.05) is 0 Å². The molecule has 2 heterocycles. The largest absolute Gasteiger partial charge is 0.355 e. The number of hydrogen-bond acceptors (Lipinski definition) is 3. The average molecular weight is 191 g/mol. The van der Waals surface area contributed by atoms with Gasteiger partial charge in [0.05, 0.1) is 18.4 Å². The number of H-pyrrole nitrogens is 1. The summed E-state index contributed by atoms with van der Waals surface area (Å²) in [5, 5.41) is 0. The van der Waals surface area contributed by atoms with Crippen LogP contribution in [0.3, 0.4) is 0 Å². The standard InChI is InChI=1S/C9H9N3O2/c1-6(13)4-12-5-11-7-2-3-10-8(7)9(12)14/h2-3,5,10H,4H2,1H3. The second-order valence-corrected chi connectivity index (χ2v) is 3.12. The predicted molar refractivity (Wildman–Crippen MR) is 51.0 cm³/mol. The normalized spacial score (nSPS) is 10.6. The van der Waals surface area contributed by atoms with Crippen LogP contribution in [0.1, 0.15) is 6.92 Å². The van der Waals surface area contributed by atoms with Crippen LogP contribution >= 0.6 is 0 Å². The molecule has 0 fully saturated rings. The zero-order valence-electron chi connectivity index (χ0n) is 7.65. The van der Waals surface area contributed by atoms with Crippen LogP contribution in [0.25, 0.3) is 11.0 Å². The van der Waals surface area contributed by atoms with Gasteiger partial charge in [-0.1, -0.05) is 0 Å². The number of nitrogens with one attached hydrogen (secondary N) is 1. The van der Waals surface area contributed by atoms with E-state index < -0.39 is 0 Å². The Labute approximate surface area is 79.4 Å². The lowest BCUT2D eigenvalue weighted by Crippen LogP contribution is -2.23. The van der Waals surface area contributed by atoms with E-state index in [0.29, 0.717) is 11.0 Å². The van der Waals surface area contributed by atoms with Crippen molar-refractivity contribution >= 4 is 16.8 Å². The van der Waals surface area contributed by atoms with Gasteiger partial charge in [-0.15, -0.1) is 0 Å². The second-order valence-electron chi connectivity index (χ2n) is 3.12. The highest BCUT2D eigenvalue weighted by molar-refractivity contribution is 5.76. The number of rotatable bonds is 2. The van der Waals surface area contributed by atoms with Crippen molar-refractivity contribution in [1.29, 1.82) is 0 Å². The summed E-state index contributed by atoms with van der Waals surface area (Å²) in [4.78, 5) is 29.3. The van der Waals surface area contributed by atoms with Crippen LogP contribution in [-0.2, 0) is 11.3 Å². The first-order chi connectivity index (χ1) is 6.68. The summed E-state index contributed by atoms with van der Waals surface area (Å²) >= 11 is 0. The summed E-state index contributed by atoms with van der Waals surface area (Å²) in [6.45, 7) is 1.51. The highest BCUT2D eigenvalue weighted by Crippen LogP contribution is 2.01. The quantitative estimate of drug-likeness (QED) is 0.743. The first-order valence-corrected chi connectivity index (χ1v) is 4.20. The van der Waals surface area contributed by atoms with Gasteiger partial charge in [0, 0.05) is 6.20 Å². The molecular formula is C9H9N3O2. The summed E-state index contributed by atoms with van der Waals surface area (Å²) in [5.41, 5.74) is 0.846. The van der Waals surface area contributed by atoms with E-state index in [9.17, 15) is 9.59 Å². The zero-order valence-corrected chi connectivity index (χ0v) is 7.65. The lowest BCUT2D eigenvalue weighted by Gasteiger charge is -2.00. The van der Waals surface area contributed by atoms with Crippen LogP contribution < -0.4 is 5.56 Å². The smallest absolute Gasteiger partial charge is 0.278 e. The second kappa shape index (κ2) is 3.10. The van der Waals surface area contributed by atoms with E-state index in [1.54, 1.807) is 12.3 Å². The van der Waals surface area contributed by atoms with Crippen molar-refractivity contribution in [1.82, 2.24) is 14.5 Å². The van der Waals surface area contributed by atoms with Crippen molar-refractivity contribution in [3.63, 3.8) is 0 Å². The third kappa shape index (κ3) is 1.32. The van der Waals surface area contributed by atoms with Crippen LogP contribution in [-0.4, -0.2) is 20.3 Å². The number of carbonyl (C=O) groups is 1. The van der Waals surface area contributed by atoms with E-state index in [0.717, 1.165) is 0 Å². The summed E-state index contributed by atoms with van der Waals surface area (Å²) in [6, 6.07) is 1.72. The van der Waals surface area contributed by atoms with Gasteiger partial charge in [0.15, 0.2) is 0 Å². The predicted octanol–water partition coefficient (Wildman–Crippen LogP) is 0.314. The fourth-order valence-electron chi connectivity index (χ4n) is 1.32. The minimum Gasteiger partial charge on any atom is -0.355 e. The molecule has 14 heavy (non-hydrogen) atoms. The van der Waals surface area contributed by atoms with E-state index in [2.05, 4.69) is 9.97 Å². The molecule has 0 atom stereocenters. The summed E-state index contributed by atoms with van der Waals surface area (Å²) in [6.07, 6.45) is 3.04. The van der Waals surface area contributed by atoms with Gasteiger partial charge in [0.2, 0.25) is 0 Å². The summed E-state index contributed by atoms with van der Waals surface area (Å²) in [5.74, 6) is -0.0696. The van der Waals surface area contributed by atoms with Crippen molar-refractivity contribution in [3.8, 4) is 0 Å². The molecule has 0 spiro atoms. The Hall–Kier alpha value is -1.91. The third-order valence-corrected chi connectivity index (χ3v) is 1.93. The first-order valence-electron chi connectivity index (χ1n) is 4.20. The van der Waals surface area contributed by atoms with Crippen LogP contribution in [0.4, 0.5) is 0 Å². The number of Topliss-reactive ketones (excluding diaryl/α,β-unsaturated/α-hetero) is 1. The minimum absolute atomic E-state index is 0.0696. The molecule has 0 saturated heterocycles. The molecule has 5 heteroatoms. The van der Waals surface area contributed by atoms with Crippen molar-refractivity contribution in [2.24, 2.45) is 0 Å². The topological polar surface area (TPSA) is 67.8 Å². The van der Waals surface area contributed by atoms with Crippen LogP contribution in [0.5, 0.6) is 0 Å². The Kier molecular flexibility index (Phi) is 1.92. The molecule has 0 bridgehead atoms. The molecule has 0 unspecified atom stereocenters. The van der Waals surface area contributed by atoms with Gasteiger partial charge in [-0.05, 0) is 13.0 Å². The Morgan fingerprint density at radius 2 is 2.43 bits per heavy atom. The molecule has 0 saturated carbocycles. The SMILES string of the molecule is CC(=O)Cn1cnc2cc[nH]c2c1=O. The van der Waals surface area contributed by atoms with Gasteiger partial charge in [-0.2, -0.15) is 0 Å². The van der Waals surface area contributed by atoms with Crippen LogP contribution in [0.2, 0.25) is 0 Å². The third-order valence-electron chi connectivity index (χ3n) is 1.93.